The Hall–Kier alpha value is -3.75. The molecule has 0 amide bonds. The third-order valence-electron chi connectivity index (χ3n) is 5.23. The van der Waals surface area contributed by atoms with Gasteiger partial charge in [-0.05, 0) is 41.8 Å². The smallest absolute Gasteiger partial charge is 0.303 e. The molecule has 0 aliphatic carbocycles. The van der Waals surface area contributed by atoms with Crippen LogP contribution in [-0.2, 0) is 27.7 Å². The van der Waals surface area contributed by atoms with Gasteiger partial charge in [-0.15, -0.1) is 0 Å². The summed E-state index contributed by atoms with van der Waals surface area (Å²) in [4.78, 5) is 15.8. The highest BCUT2D eigenvalue weighted by Crippen LogP contribution is 2.34. The second-order valence-electron chi connectivity index (χ2n) is 7.56. The van der Waals surface area contributed by atoms with Crippen LogP contribution in [0.2, 0.25) is 0 Å². The van der Waals surface area contributed by atoms with E-state index < -0.39 is 16.0 Å². The van der Waals surface area contributed by atoms with E-state index in [1.165, 1.54) is 12.1 Å². The maximum Gasteiger partial charge on any atom is 0.303 e. The number of rotatable bonds is 8. The summed E-state index contributed by atoms with van der Waals surface area (Å²) in [6.45, 7) is 0. The zero-order chi connectivity index (χ0) is 23.4. The third-order valence-corrected chi connectivity index (χ3v) is 6.16. The number of benzene rings is 3. The summed E-state index contributed by atoms with van der Waals surface area (Å²) in [5, 5.41) is 14.3. The molecule has 4 rings (SSSR count). The lowest BCUT2D eigenvalue weighted by Crippen LogP contribution is -2.11. The molecule has 0 radical (unpaired) electrons. The molecule has 0 atom stereocenters. The number of sulfonamides is 1. The largest absolute Gasteiger partial charge is 0.481 e. The lowest BCUT2D eigenvalue weighted by Gasteiger charge is -2.06. The molecule has 0 aliphatic heterocycles. The van der Waals surface area contributed by atoms with Gasteiger partial charge in [0.15, 0.2) is 11.7 Å². The van der Waals surface area contributed by atoms with Gasteiger partial charge in [0, 0.05) is 24.0 Å². The van der Waals surface area contributed by atoms with Crippen molar-refractivity contribution in [3.8, 4) is 22.6 Å². The van der Waals surface area contributed by atoms with Crippen LogP contribution in [0.1, 0.15) is 23.4 Å². The number of carboxylic acid groups (broad SMARTS) is 1. The van der Waals surface area contributed by atoms with E-state index >= 15 is 0 Å². The fraction of sp³-hybridized carbons (Fsp3) is 0.120. The van der Waals surface area contributed by atoms with Crippen LogP contribution in [0.5, 0.6) is 0 Å². The highest BCUT2D eigenvalue weighted by molar-refractivity contribution is 7.89. The van der Waals surface area contributed by atoms with Gasteiger partial charge < -0.3 is 9.52 Å². The Labute approximate surface area is 191 Å². The van der Waals surface area contributed by atoms with Crippen LogP contribution in [0.4, 0.5) is 0 Å². The molecule has 0 fully saturated rings. The second-order valence-corrected chi connectivity index (χ2v) is 9.12. The monoisotopic (exact) mass is 462 g/mol. The number of carboxylic acids is 1. The number of aryl methyl sites for hydroxylation is 1. The minimum atomic E-state index is -3.80. The molecule has 8 heteroatoms. The number of nitrogens with zero attached hydrogens (tertiary/aromatic N) is 1. The van der Waals surface area contributed by atoms with Crippen molar-refractivity contribution in [1.82, 2.24) is 4.98 Å². The Morgan fingerprint density at radius 1 is 0.879 bits per heavy atom. The molecular weight excluding hydrogens is 440 g/mol. The number of primary sulfonamides is 1. The summed E-state index contributed by atoms with van der Waals surface area (Å²) in [6.07, 6.45) is 0.851. The van der Waals surface area contributed by atoms with Gasteiger partial charge in [-0.1, -0.05) is 54.6 Å². The lowest BCUT2D eigenvalue weighted by atomic mass is 10.0. The molecule has 1 heterocycles. The van der Waals surface area contributed by atoms with Gasteiger partial charge in [0.2, 0.25) is 10.0 Å². The van der Waals surface area contributed by atoms with Gasteiger partial charge in [0.25, 0.3) is 0 Å². The molecule has 1 aromatic heterocycles. The number of oxazole rings is 1. The van der Waals surface area contributed by atoms with Crippen molar-refractivity contribution in [2.45, 2.75) is 24.2 Å². The highest BCUT2D eigenvalue weighted by Gasteiger charge is 2.19. The van der Waals surface area contributed by atoms with E-state index in [2.05, 4.69) is 0 Å². The number of carbonyl (C=O) groups is 1. The molecule has 0 aliphatic rings. The first kappa shape index (κ1) is 22.4. The molecule has 168 valence electrons. The van der Waals surface area contributed by atoms with Gasteiger partial charge in [0.05, 0.1) is 4.90 Å². The fourth-order valence-electron chi connectivity index (χ4n) is 3.60. The maximum absolute atomic E-state index is 11.6. The van der Waals surface area contributed by atoms with Crippen molar-refractivity contribution in [1.29, 1.82) is 0 Å². The van der Waals surface area contributed by atoms with E-state index in [0.717, 1.165) is 16.7 Å². The predicted molar refractivity (Wildman–Crippen MR) is 124 cm³/mol. The number of hydrogen-bond acceptors (Lipinski definition) is 5. The van der Waals surface area contributed by atoms with Crippen molar-refractivity contribution in [2.24, 2.45) is 5.14 Å². The molecule has 0 bridgehead atoms. The van der Waals surface area contributed by atoms with Crippen molar-refractivity contribution in [2.75, 3.05) is 0 Å². The molecule has 33 heavy (non-hydrogen) atoms. The van der Waals surface area contributed by atoms with Crippen molar-refractivity contribution < 1.29 is 22.7 Å². The molecule has 0 unspecified atom stereocenters. The van der Waals surface area contributed by atoms with Crippen LogP contribution in [0.3, 0.4) is 0 Å². The molecule has 4 aromatic rings. The molecule has 7 nitrogen and oxygen atoms in total. The fourth-order valence-corrected chi connectivity index (χ4v) is 4.12. The molecule has 3 N–H and O–H groups in total. The zero-order valence-corrected chi connectivity index (χ0v) is 18.5. The number of aliphatic carboxylic acids is 1. The topological polar surface area (TPSA) is 123 Å². The summed E-state index contributed by atoms with van der Waals surface area (Å²) < 4.78 is 29.4. The van der Waals surface area contributed by atoms with Gasteiger partial charge >= 0.3 is 5.97 Å². The Morgan fingerprint density at radius 3 is 2.15 bits per heavy atom. The van der Waals surface area contributed by atoms with E-state index in [1.54, 1.807) is 12.1 Å². The molecular formula is C25H22N2O5S. The van der Waals surface area contributed by atoms with Gasteiger partial charge in [-0.2, -0.15) is 0 Å². The van der Waals surface area contributed by atoms with Crippen LogP contribution in [0, 0.1) is 0 Å². The number of aromatic nitrogens is 1. The van der Waals surface area contributed by atoms with E-state index in [1.807, 2.05) is 54.6 Å². The van der Waals surface area contributed by atoms with Crippen molar-refractivity contribution in [3.63, 3.8) is 0 Å². The van der Waals surface area contributed by atoms with E-state index in [9.17, 15) is 13.2 Å². The number of nitrogens with two attached hydrogens (primary N) is 1. The second kappa shape index (κ2) is 9.40. The average molecular weight is 463 g/mol. The zero-order valence-electron chi connectivity index (χ0n) is 17.6. The predicted octanol–water partition coefficient (Wildman–Crippen LogP) is 4.26. The first-order chi connectivity index (χ1) is 15.8. The van der Waals surface area contributed by atoms with Crippen LogP contribution in [-0.4, -0.2) is 24.5 Å². The van der Waals surface area contributed by atoms with Gasteiger partial charge in [0.1, 0.15) is 5.69 Å². The van der Waals surface area contributed by atoms with E-state index in [-0.39, 0.29) is 11.3 Å². The van der Waals surface area contributed by atoms with Crippen LogP contribution in [0.15, 0.2) is 88.2 Å². The highest BCUT2D eigenvalue weighted by atomic mass is 32.2. The summed E-state index contributed by atoms with van der Waals surface area (Å²) in [5.41, 5.74) is 4.03. The minimum absolute atomic E-state index is 0.0135. The van der Waals surface area contributed by atoms with Crippen molar-refractivity contribution >= 4 is 16.0 Å². The number of hydrogen-bond donors (Lipinski definition) is 2. The summed E-state index contributed by atoms with van der Waals surface area (Å²) >= 11 is 0. The van der Waals surface area contributed by atoms with Crippen LogP contribution in [0.25, 0.3) is 22.6 Å². The van der Waals surface area contributed by atoms with Crippen molar-refractivity contribution in [3.05, 3.63) is 95.9 Å². The van der Waals surface area contributed by atoms with Gasteiger partial charge in [-0.3, -0.25) is 4.79 Å². The maximum atomic E-state index is 11.6. The Balaban J connectivity index is 1.73. The van der Waals surface area contributed by atoms with Crippen LogP contribution < -0.4 is 5.14 Å². The first-order valence-electron chi connectivity index (χ1n) is 10.3. The molecule has 0 spiro atoms. The minimum Gasteiger partial charge on any atom is -0.481 e. The summed E-state index contributed by atoms with van der Waals surface area (Å²) in [6, 6.07) is 23.3. The van der Waals surface area contributed by atoms with E-state index in [4.69, 9.17) is 19.6 Å². The Bertz CT molecular complexity index is 1380. The Morgan fingerprint density at radius 2 is 1.52 bits per heavy atom. The van der Waals surface area contributed by atoms with Gasteiger partial charge in [-0.25, -0.2) is 18.5 Å². The SMILES string of the molecule is NS(=O)(=O)c1ccc(-c2oc(Cc3ccccc3CCC(=O)O)nc2-c2ccccc2)cc1. The van der Waals surface area contributed by atoms with Crippen LogP contribution >= 0.6 is 0 Å². The molecule has 0 saturated heterocycles. The first-order valence-corrected chi connectivity index (χ1v) is 11.8. The molecule has 0 saturated carbocycles. The normalized spacial score (nSPS) is 11.4. The summed E-state index contributed by atoms with van der Waals surface area (Å²) in [5.74, 6) is 0.139. The quantitative estimate of drug-likeness (QED) is 0.403. The lowest BCUT2D eigenvalue weighted by molar-refractivity contribution is -0.136. The average Bonchev–Trinajstić information content (AvgIpc) is 3.22. The third kappa shape index (κ3) is 5.36. The molecule has 3 aromatic carbocycles. The van der Waals surface area contributed by atoms with E-state index in [0.29, 0.717) is 35.7 Å². The Kier molecular flexibility index (Phi) is 6.39. The summed E-state index contributed by atoms with van der Waals surface area (Å²) in [7, 11) is -3.80. The standard InChI is InChI=1S/C25H22N2O5S/c26-33(30,31)21-13-10-19(11-14-21)25-24(18-7-2-1-3-8-18)27-22(32-25)16-20-9-5-4-6-17(20)12-15-23(28)29/h1-11,13-14H,12,15-16H2,(H,28,29)(H2,26,30,31).